The van der Waals surface area contributed by atoms with E-state index in [1.807, 2.05) is 0 Å². The van der Waals surface area contributed by atoms with E-state index in [1.54, 1.807) is 6.92 Å². The van der Waals surface area contributed by atoms with Crippen molar-refractivity contribution in [2.24, 2.45) is 0 Å². The Kier molecular flexibility index (Phi) is 17.1. The van der Waals surface area contributed by atoms with E-state index in [0.717, 1.165) is 19.3 Å². The van der Waals surface area contributed by atoms with Crippen molar-refractivity contribution in [1.29, 1.82) is 0 Å². The van der Waals surface area contributed by atoms with Crippen LogP contribution in [0.4, 0.5) is 0 Å². The van der Waals surface area contributed by atoms with Gasteiger partial charge < -0.3 is 10.2 Å². The predicted molar refractivity (Wildman–Crippen MR) is 72.8 cm³/mol. The highest BCUT2D eigenvalue weighted by Crippen LogP contribution is 2.15. The second-order valence-corrected chi connectivity index (χ2v) is 4.37. The zero-order valence-corrected chi connectivity index (χ0v) is 11.8. The molecule has 0 unspecified atom stereocenters. The first-order chi connectivity index (χ1) is 8.54. The van der Waals surface area contributed by atoms with Gasteiger partial charge in [-0.3, -0.25) is 9.59 Å². The van der Waals surface area contributed by atoms with Gasteiger partial charge in [-0.25, -0.2) is 0 Å². The number of hydrogen-bond donors (Lipinski definition) is 2. The first-order valence-electron chi connectivity index (χ1n) is 6.98. The average molecular weight is 260 g/mol. The fourth-order valence-electron chi connectivity index (χ4n) is 1.41. The van der Waals surface area contributed by atoms with Crippen molar-refractivity contribution < 1.29 is 19.8 Å². The molecule has 0 atom stereocenters. The molecule has 0 aromatic carbocycles. The summed E-state index contributed by atoms with van der Waals surface area (Å²) in [4.78, 5) is 19.2. The predicted octanol–water partition coefficient (Wildman–Crippen LogP) is 4.08. The average Bonchev–Trinajstić information content (AvgIpc) is 2.88. The van der Waals surface area contributed by atoms with Crippen LogP contribution in [-0.4, -0.2) is 22.2 Å². The van der Waals surface area contributed by atoms with Crippen LogP contribution in [0.2, 0.25) is 0 Å². The summed E-state index contributed by atoms with van der Waals surface area (Å²) in [7, 11) is 0. The lowest BCUT2D eigenvalue weighted by Gasteiger charge is -1.89. The molecular formula is C14H28O4. The van der Waals surface area contributed by atoms with Gasteiger partial charge in [-0.05, 0) is 6.42 Å². The summed E-state index contributed by atoms with van der Waals surface area (Å²) in [6.07, 6.45) is 11.0. The van der Waals surface area contributed by atoms with Gasteiger partial charge >= 0.3 is 11.9 Å². The molecule has 0 heterocycles. The Morgan fingerprint density at radius 3 is 1.44 bits per heavy atom. The highest BCUT2D eigenvalue weighted by molar-refractivity contribution is 5.66. The second kappa shape index (κ2) is 15.9. The van der Waals surface area contributed by atoms with E-state index in [1.165, 1.54) is 32.1 Å². The van der Waals surface area contributed by atoms with E-state index in [-0.39, 0.29) is 6.42 Å². The van der Waals surface area contributed by atoms with E-state index < -0.39 is 11.9 Å². The molecule has 2 N–H and O–H groups in total. The number of carboxylic acid groups (broad SMARTS) is 2. The molecule has 1 saturated carbocycles. The molecule has 18 heavy (non-hydrogen) atoms. The van der Waals surface area contributed by atoms with Crippen LogP contribution in [0.25, 0.3) is 0 Å². The van der Waals surface area contributed by atoms with E-state index in [9.17, 15) is 9.59 Å². The number of hydrogen-bond acceptors (Lipinski definition) is 2. The molecule has 1 aliphatic rings. The normalized spacial score (nSPS) is 12.8. The monoisotopic (exact) mass is 260 g/mol. The zero-order valence-electron chi connectivity index (χ0n) is 11.8. The topological polar surface area (TPSA) is 74.6 Å². The lowest BCUT2D eigenvalue weighted by molar-refractivity contribution is -0.137. The van der Waals surface area contributed by atoms with Crippen molar-refractivity contribution in [3.05, 3.63) is 0 Å². The molecule has 1 rings (SSSR count). The lowest BCUT2D eigenvalue weighted by atomic mass is 10.2. The second-order valence-electron chi connectivity index (χ2n) is 4.37. The highest BCUT2D eigenvalue weighted by atomic mass is 16.4. The maximum absolute atomic E-state index is 9.87. The molecule has 4 heteroatoms. The van der Waals surface area contributed by atoms with Crippen LogP contribution < -0.4 is 0 Å². The Balaban J connectivity index is 0. The maximum atomic E-state index is 9.87. The van der Waals surface area contributed by atoms with Gasteiger partial charge in [0.2, 0.25) is 0 Å². The first kappa shape index (κ1) is 19.3. The van der Waals surface area contributed by atoms with E-state index in [4.69, 9.17) is 10.2 Å². The fraction of sp³-hybridized carbons (Fsp3) is 0.857. The van der Waals surface area contributed by atoms with Crippen LogP contribution in [0.5, 0.6) is 0 Å². The molecule has 0 aliphatic heterocycles. The van der Waals surface area contributed by atoms with Crippen LogP contribution in [0.1, 0.15) is 78.1 Å². The Bertz CT molecular complexity index is 190. The third-order valence-corrected chi connectivity index (χ3v) is 2.55. The van der Waals surface area contributed by atoms with Crippen molar-refractivity contribution in [2.45, 2.75) is 78.1 Å². The summed E-state index contributed by atoms with van der Waals surface area (Å²) in [5, 5.41) is 15.9. The largest absolute Gasteiger partial charge is 0.481 e. The van der Waals surface area contributed by atoms with Crippen molar-refractivity contribution in [3.63, 3.8) is 0 Å². The van der Waals surface area contributed by atoms with E-state index in [2.05, 4.69) is 6.92 Å². The van der Waals surface area contributed by atoms with Gasteiger partial charge in [0, 0.05) is 12.8 Å². The van der Waals surface area contributed by atoms with Crippen LogP contribution in [0.3, 0.4) is 0 Å². The molecule has 4 nitrogen and oxygen atoms in total. The van der Waals surface area contributed by atoms with Crippen molar-refractivity contribution in [2.75, 3.05) is 0 Å². The van der Waals surface area contributed by atoms with Crippen molar-refractivity contribution in [3.8, 4) is 0 Å². The molecular weight excluding hydrogens is 232 g/mol. The van der Waals surface area contributed by atoms with Crippen molar-refractivity contribution in [1.82, 2.24) is 0 Å². The van der Waals surface area contributed by atoms with Gasteiger partial charge in [0.25, 0.3) is 0 Å². The van der Waals surface area contributed by atoms with E-state index in [0.29, 0.717) is 6.42 Å². The Morgan fingerprint density at radius 1 is 0.833 bits per heavy atom. The van der Waals surface area contributed by atoms with Gasteiger partial charge in [-0.2, -0.15) is 0 Å². The standard InChI is InChI=1S/C6H12O2.C5H10.C3H6O2/c1-2-3-4-5-6(7)8;1-2-4-5-3-1;1-2-3(4)5/h2-5H2,1H3,(H,7,8);1-5H2;2H2,1H3,(H,4,5). The molecule has 0 amide bonds. The number of carboxylic acids is 2. The number of carbonyl (C=O) groups is 2. The van der Waals surface area contributed by atoms with Crippen molar-refractivity contribution >= 4 is 11.9 Å². The number of rotatable bonds is 5. The molecule has 0 spiro atoms. The minimum atomic E-state index is -0.745. The molecule has 1 fully saturated rings. The van der Waals surface area contributed by atoms with Gasteiger partial charge in [0.05, 0.1) is 0 Å². The Morgan fingerprint density at radius 2 is 1.22 bits per heavy atom. The minimum absolute atomic E-state index is 0.222. The number of unbranched alkanes of at least 4 members (excludes halogenated alkanes) is 2. The van der Waals surface area contributed by atoms with Crippen LogP contribution in [0.15, 0.2) is 0 Å². The van der Waals surface area contributed by atoms with E-state index >= 15 is 0 Å². The summed E-state index contributed by atoms with van der Waals surface area (Å²) in [5.41, 5.74) is 0. The third kappa shape index (κ3) is 24.3. The summed E-state index contributed by atoms with van der Waals surface area (Å²) >= 11 is 0. The molecule has 0 radical (unpaired) electrons. The SMILES string of the molecule is C1CCCC1.CCC(=O)O.CCCCCC(=O)O. The van der Waals surface area contributed by atoms with Gasteiger partial charge in [-0.15, -0.1) is 0 Å². The van der Waals surface area contributed by atoms with Gasteiger partial charge in [-0.1, -0.05) is 58.8 Å². The lowest BCUT2D eigenvalue weighted by Crippen LogP contribution is -1.92. The fourth-order valence-corrected chi connectivity index (χ4v) is 1.41. The quantitative estimate of drug-likeness (QED) is 0.730. The molecule has 0 bridgehead atoms. The summed E-state index contributed by atoms with van der Waals surface area (Å²) < 4.78 is 0. The minimum Gasteiger partial charge on any atom is -0.481 e. The summed E-state index contributed by atoms with van der Waals surface area (Å²) in [6, 6.07) is 0. The molecule has 1 aliphatic carbocycles. The third-order valence-electron chi connectivity index (χ3n) is 2.55. The summed E-state index contributed by atoms with van der Waals surface area (Å²) in [6.45, 7) is 3.66. The smallest absolute Gasteiger partial charge is 0.303 e. The molecule has 0 saturated heterocycles. The Labute approximate surface area is 110 Å². The number of aliphatic carboxylic acids is 2. The maximum Gasteiger partial charge on any atom is 0.303 e. The van der Waals surface area contributed by atoms with Gasteiger partial charge in [0.1, 0.15) is 0 Å². The molecule has 0 aromatic heterocycles. The summed E-state index contributed by atoms with van der Waals surface area (Å²) in [5.74, 6) is -1.43. The van der Waals surface area contributed by atoms with Crippen LogP contribution >= 0.6 is 0 Å². The van der Waals surface area contributed by atoms with Crippen LogP contribution in [0, 0.1) is 0 Å². The zero-order chi connectivity index (χ0) is 14.2. The van der Waals surface area contributed by atoms with Gasteiger partial charge in [0.15, 0.2) is 0 Å². The molecule has 0 aromatic rings. The molecule has 108 valence electrons. The Hall–Kier alpha value is -1.06. The first-order valence-corrected chi connectivity index (χ1v) is 6.98. The van der Waals surface area contributed by atoms with Crippen LogP contribution in [-0.2, 0) is 9.59 Å². The highest BCUT2D eigenvalue weighted by Gasteiger charge is 1.95.